The predicted octanol–water partition coefficient (Wildman–Crippen LogP) is 1.95. The zero-order valence-corrected chi connectivity index (χ0v) is 11.5. The molecular weight excluding hydrogens is 256 g/mol. The van der Waals surface area contributed by atoms with E-state index < -0.39 is 0 Å². The van der Waals surface area contributed by atoms with E-state index in [0.29, 0.717) is 5.76 Å². The van der Waals surface area contributed by atoms with Crippen molar-refractivity contribution in [2.75, 3.05) is 0 Å². The van der Waals surface area contributed by atoms with Crippen LogP contribution >= 0.6 is 0 Å². The molecule has 0 radical (unpaired) electrons. The van der Waals surface area contributed by atoms with Crippen LogP contribution in [0, 0.1) is 0 Å². The highest BCUT2D eigenvalue weighted by atomic mass is 16.5. The molecule has 0 aromatic carbocycles. The van der Waals surface area contributed by atoms with Crippen molar-refractivity contribution in [1.29, 1.82) is 0 Å². The maximum atomic E-state index is 5.36. The fraction of sp³-hybridized carbons (Fsp3) is 0.385. The highest BCUT2D eigenvalue weighted by Crippen LogP contribution is 2.22. The van der Waals surface area contributed by atoms with Gasteiger partial charge in [-0.2, -0.15) is 5.10 Å². The Balaban J connectivity index is 1.85. The van der Waals surface area contributed by atoms with Gasteiger partial charge in [0.05, 0.1) is 18.3 Å². The van der Waals surface area contributed by atoms with Crippen LogP contribution in [0.4, 0.5) is 0 Å². The van der Waals surface area contributed by atoms with E-state index in [-0.39, 0.29) is 6.04 Å². The van der Waals surface area contributed by atoms with Crippen LogP contribution in [0.2, 0.25) is 0 Å². The molecule has 0 saturated carbocycles. The summed E-state index contributed by atoms with van der Waals surface area (Å²) in [5, 5.41) is 8.13. The summed E-state index contributed by atoms with van der Waals surface area (Å²) in [5.74, 6) is 1.47. The third-order valence-electron chi connectivity index (χ3n) is 3.20. The van der Waals surface area contributed by atoms with Crippen LogP contribution < -0.4 is 0 Å². The largest absolute Gasteiger partial charge is 0.353 e. The summed E-state index contributed by atoms with van der Waals surface area (Å²) in [6.07, 6.45) is 7.79. The summed E-state index contributed by atoms with van der Waals surface area (Å²) < 4.78 is 9.21. The first-order valence-electron chi connectivity index (χ1n) is 6.59. The van der Waals surface area contributed by atoms with Crippen LogP contribution in [-0.4, -0.2) is 29.5 Å². The van der Waals surface area contributed by atoms with E-state index in [2.05, 4.69) is 31.7 Å². The summed E-state index contributed by atoms with van der Waals surface area (Å²) in [5.41, 5.74) is 0.929. The summed E-state index contributed by atoms with van der Waals surface area (Å²) >= 11 is 0. The number of hydrogen-bond acceptors (Lipinski definition) is 5. The van der Waals surface area contributed by atoms with Gasteiger partial charge in [0, 0.05) is 18.5 Å². The summed E-state index contributed by atoms with van der Waals surface area (Å²) in [6, 6.07) is 2.12. The van der Waals surface area contributed by atoms with Crippen LogP contribution in [0.15, 0.2) is 35.6 Å². The Morgan fingerprint density at radius 3 is 3.00 bits per heavy atom. The highest BCUT2D eigenvalue weighted by molar-refractivity contribution is 5.47. The monoisotopic (exact) mass is 272 g/mol. The van der Waals surface area contributed by atoms with E-state index in [0.717, 1.165) is 24.5 Å². The fourth-order valence-electron chi connectivity index (χ4n) is 2.13. The molecule has 0 bridgehead atoms. The quantitative estimate of drug-likeness (QED) is 0.709. The van der Waals surface area contributed by atoms with E-state index in [4.69, 9.17) is 4.52 Å². The Bertz CT molecular complexity index is 669. The second kappa shape index (κ2) is 5.28. The lowest BCUT2D eigenvalue weighted by Crippen LogP contribution is -2.13. The van der Waals surface area contributed by atoms with Crippen molar-refractivity contribution in [3.05, 3.63) is 36.8 Å². The van der Waals surface area contributed by atoms with Crippen molar-refractivity contribution < 1.29 is 4.52 Å². The van der Waals surface area contributed by atoms with Crippen molar-refractivity contribution in [3.8, 4) is 11.6 Å². The summed E-state index contributed by atoms with van der Waals surface area (Å²) in [6.45, 7) is 4.86. The number of nitrogens with zero attached hydrogens (tertiary/aromatic N) is 6. The number of imidazole rings is 1. The first kappa shape index (κ1) is 12.6. The van der Waals surface area contributed by atoms with Gasteiger partial charge in [-0.3, -0.25) is 4.68 Å². The lowest BCUT2D eigenvalue weighted by atomic mass is 10.3. The molecule has 104 valence electrons. The van der Waals surface area contributed by atoms with Crippen molar-refractivity contribution in [2.24, 2.45) is 0 Å². The average molecular weight is 272 g/mol. The number of rotatable bonds is 5. The van der Waals surface area contributed by atoms with Crippen molar-refractivity contribution in [2.45, 2.75) is 32.9 Å². The maximum absolute atomic E-state index is 5.36. The van der Waals surface area contributed by atoms with Crippen molar-refractivity contribution in [1.82, 2.24) is 29.5 Å². The van der Waals surface area contributed by atoms with Gasteiger partial charge in [-0.05, 0) is 13.3 Å². The molecule has 0 aliphatic rings. The fourth-order valence-corrected chi connectivity index (χ4v) is 2.13. The molecule has 0 N–H and O–H groups in total. The second-order valence-corrected chi connectivity index (χ2v) is 4.66. The molecular formula is C13H16N6O. The van der Waals surface area contributed by atoms with E-state index in [1.165, 1.54) is 6.33 Å². The summed E-state index contributed by atoms with van der Waals surface area (Å²) in [4.78, 5) is 8.32. The molecule has 0 aliphatic carbocycles. The zero-order chi connectivity index (χ0) is 13.9. The Kier molecular flexibility index (Phi) is 3.32. The molecule has 1 atom stereocenters. The third-order valence-corrected chi connectivity index (χ3v) is 3.20. The molecule has 7 heteroatoms. The molecule has 3 aromatic heterocycles. The number of hydrogen-bond donors (Lipinski definition) is 0. The molecule has 3 heterocycles. The van der Waals surface area contributed by atoms with Crippen LogP contribution in [-0.2, 0) is 13.0 Å². The van der Waals surface area contributed by atoms with Gasteiger partial charge in [0.25, 0.3) is 0 Å². The zero-order valence-electron chi connectivity index (χ0n) is 11.5. The smallest absolute Gasteiger partial charge is 0.202 e. The molecule has 7 nitrogen and oxygen atoms in total. The highest BCUT2D eigenvalue weighted by Gasteiger charge is 2.16. The number of aryl methyl sites for hydroxylation is 1. The van der Waals surface area contributed by atoms with E-state index in [1.54, 1.807) is 17.2 Å². The lowest BCUT2D eigenvalue weighted by molar-refractivity contribution is 0.406. The van der Waals surface area contributed by atoms with Gasteiger partial charge >= 0.3 is 0 Å². The molecule has 20 heavy (non-hydrogen) atoms. The van der Waals surface area contributed by atoms with E-state index in [1.807, 2.05) is 19.2 Å². The van der Waals surface area contributed by atoms with Gasteiger partial charge < -0.3 is 9.09 Å². The molecule has 0 amide bonds. The molecule has 3 rings (SSSR count). The molecule has 0 aliphatic heterocycles. The van der Waals surface area contributed by atoms with Crippen molar-refractivity contribution in [3.63, 3.8) is 0 Å². The van der Waals surface area contributed by atoms with E-state index in [9.17, 15) is 0 Å². The minimum absolute atomic E-state index is 0.185. The first-order chi connectivity index (χ1) is 9.78. The Labute approximate surface area is 116 Å². The van der Waals surface area contributed by atoms with Gasteiger partial charge in [0.2, 0.25) is 5.76 Å². The molecule has 0 fully saturated rings. The Hall–Kier alpha value is -2.44. The Morgan fingerprint density at radius 2 is 2.30 bits per heavy atom. The average Bonchev–Trinajstić information content (AvgIpc) is 3.19. The second-order valence-electron chi connectivity index (χ2n) is 4.66. The lowest BCUT2D eigenvalue weighted by Gasteiger charge is -2.14. The molecule has 0 spiro atoms. The van der Waals surface area contributed by atoms with Crippen LogP contribution in [0.5, 0.6) is 0 Å². The molecule has 0 saturated heterocycles. The van der Waals surface area contributed by atoms with Crippen LogP contribution in [0.3, 0.4) is 0 Å². The summed E-state index contributed by atoms with van der Waals surface area (Å²) in [7, 11) is 0. The van der Waals surface area contributed by atoms with Gasteiger partial charge in [-0.1, -0.05) is 12.1 Å². The van der Waals surface area contributed by atoms with Crippen LogP contribution in [0.25, 0.3) is 11.6 Å². The van der Waals surface area contributed by atoms with Gasteiger partial charge in [-0.15, -0.1) is 0 Å². The van der Waals surface area contributed by atoms with E-state index >= 15 is 0 Å². The first-order valence-corrected chi connectivity index (χ1v) is 6.59. The molecule has 3 aromatic rings. The maximum Gasteiger partial charge on any atom is 0.202 e. The molecule has 0 unspecified atom stereocenters. The third kappa shape index (κ3) is 2.34. The van der Waals surface area contributed by atoms with Crippen LogP contribution in [0.1, 0.15) is 25.6 Å². The normalized spacial score (nSPS) is 12.7. The standard InChI is InChI=1S/C13H16N6O/c1-3-11-6-12(20-17-11)13-15-4-5-19(13)10(2)7-18-9-14-8-16-18/h4-6,8-10H,3,7H2,1-2H3/t10-/m1/s1. The Morgan fingerprint density at radius 1 is 1.40 bits per heavy atom. The van der Waals surface area contributed by atoms with Crippen molar-refractivity contribution >= 4 is 0 Å². The van der Waals surface area contributed by atoms with Gasteiger partial charge in [0.1, 0.15) is 12.7 Å². The minimum Gasteiger partial charge on any atom is -0.353 e. The predicted molar refractivity (Wildman–Crippen MR) is 71.8 cm³/mol. The minimum atomic E-state index is 0.185. The number of aromatic nitrogens is 6. The van der Waals surface area contributed by atoms with Gasteiger partial charge in [0.15, 0.2) is 5.82 Å². The van der Waals surface area contributed by atoms with Gasteiger partial charge in [-0.25, -0.2) is 9.97 Å². The topological polar surface area (TPSA) is 74.6 Å². The SMILES string of the molecule is CCc1cc(-c2nccn2[C@H](C)Cn2cncn2)on1.